The largest absolute Gasteiger partial charge is 0.303 e. The second kappa shape index (κ2) is 6.52. The molecule has 2 aromatic heterocycles. The zero-order valence-electron chi connectivity index (χ0n) is 12.2. The highest BCUT2D eigenvalue weighted by Gasteiger charge is 2.09. The molecule has 3 aromatic rings. The smallest absolute Gasteiger partial charge is 0.109 e. The summed E-state index contributed by atoms with van der Waals surface area (Å²) in [5.74, 6) is 0. The molecule has 1 unspecified atom stereocenters. The maximum Gasteiger partial charge on any atom is 0.109 e. The number of hydrogen-bond acceptors (Lipinski definition) is 4. The molecular weight excluding hydrogens is 296 g/mol. The maximum absolute atomic E-state index is 4.44. The van der Waals surface area contributed by atoms with E-state index in [1.54, 1.807) is 11.3 Å². The van der Waals surface area contributed by atoms with Crippen molar-refractivity contribution in [1.29, 1.82) is 0 Å². The summed E-state index contributed by atoms with van der Waals surface area (Å²) in [6, 6.07) is 13.1. The normalized spacial score (nSPS) is 12.5. The molecule has 3 rings (SSSR count). The van der Waals surface area contributed by atoms with Crippen LogP contribution in [0.5, 0.6) is 0 Å². The predicted molar refractivity (Wildman–Crippen MR) is 91.9 cm³/mol. The predicted octanol–water partition coefficient (Wildman–Crippen LogP) is 5.03. The van der Waals surface area contributed by atoms with Crippen LogP contribution in [-0.4, -0.2) is 4.98 Å². The Morgan fingerprint density at radius 2 is 2.00 bits per heavy atom. The molecule has 21 heavy (non-hydrogen) atoms. The van der Waals surface area contributed by atoms with Gasteiger partial charge in [0.15, 0.2) is 0 Å². The van der Waals surface area contributed by atoms with Crippen molar-refractivity contribution in [3.8, 4) is 11.1 Å². The van der Waals surface area contributed by atoms with E-state index >= 15 is 0 Å². The third kappa shape index (κ3) is 3.59. The van der Waals surface area contributed by atoms with Gasteiger partial charge >= 0.3 is 0 Å². The molecule has 2 nitrogen and oxygen atoms in total. The second-order valence-corrected chi connectivity index (χ2v) is 7.34. The van der Waals surface area contributed by atoms with E-state index in [-0.39, 0.29) is 0 Å². The summed E-state index contributed by atoms with van der Waals surface area (Å²) in [7, 11) is 0. The van der Waals surface area contributed by atoms with Crippen molar-refractivity contribution in [3.63, 3.8) is 0 Å². The molecule has 1 atom stereocenters. The van der Waals surface area contributed by atoms with E-state index in [2.05, 4.69) is 65.9 Å². The number of aryl methyl sites for hydroxylation is 1. The molecule has 4 heteroatoms. The average molecular weight is 314 g/mol. The molecule has 0 fully saturated rings. The highest BCUT2D eigenvalue weighted by molar-refractivity contribution is 7.11. The summed E-state index contributed by atoms with van der Waals surface area (Å²) in [5.41, 5.74) is 2.58. The molecule has 108 valence electrons. The number of thiophene rings is 1. The Morgan fingerprint density at radius 3 is 2.71 bits per heavy atom. The standard InChI is InChI=1S/C17H18N2S2/c1-12-9-19-17(21-12)13(2)18-10-16-8-15(11-20-16)14-6-4-3-5-7-14/h3-9,11,13,18H,10H2,1-2H3. The minimum Gasteiger partial charge on any atom is -0.303 e. The summed E-state index contributed by atoms with van der Waals surface area (Å²) in [6.45, 7) is 5.15. The van der Waals surface area contributed by atoms with E-state index in [1.807, 2.05) is 17.5 Å². The van der Waals surface area contributed by atoms with E-state index in [0.717, 1.165) is 11.6 Å². The van der Waals surface area contributed by atoms with Gasteiger partial charge in [0.25, 0.3) is 0 Å². The molecule has 0 saturated carbocycles. The van der Waals surface area contributed by atoms with Crippen LogP contribution in [0.1, 0.15) is 27.7 Å². The topological polar surface area (TPSA) is 24.9 Å². The van der Waals surface area contributed by atoms with Gasteiger partial charge in [0.2, 0.25) is 0 Å². The van der Waals surface area contributed by atoms with Gasteiger partial charge in [-0.15, -0.1) is 22.7 Å². The van der Waals surface area contributed by atoms with Gasteiger partial charge < -0.3 is 5.32 Å². The lowest BCUT2D eigenvalue weighted by atomic mass is 10.1. The van der Waals surface area contributed by atoms with E-state index in [1.165, 1.54) is 20.9 Å². The molecule has 1 N–H and O–H groups in total. The van der Waals surface area contributed by atoms with Crippen LogP contribution in [0.3, 0.4) is 0 Å². The van der Waals surface area contributed by atoms with Gasteiger partial charge in [0.1, 0.15) is 5.01 Å². The quantitative estimate of drug-likeness (QED) is 0.714. The van der Waals surface area contributed by atoms with Crippen molar-refractivity contribution in [2.75, 3.05) is 0 Å². The van der Waals surface area contributed by atoms with Crippen molar-refractivity contribution in [3.05, 3.63) is 62.7 Å². The number of benzene rings is 1. The maximum atomic E-state index is 4.44. The monoisotopic (exact) mass is 314 g/mol. The van der Waals surface area contributed by atoms with Crippen LogP contribution in [-0.2, 0) is 6.54 Å². The molecule has 2 heterocycles. The fourth-order valence-electron chi connectivity index (χ4n) is 2.17. The van der Waals surface area contributed by atoms with Crippen LogP contribution in [0, 0.1) is 6.92 Å². The van der Waals surface area contributed by atoms with Crippen LogP contribution in [0.15, 0.2) is 48.0 Å². The lowest BCUT2D eigenvalue weighted by Crippen LogP contribution is -2.17. The summed E-state index contributed by atoms with van der Waals surface area (Å²) in [6.07, 6.45) is 1.94. The molecule has 0 aliphatic rings. The van der Waals surface area contributed by atoms with Crippen LogP contribution in [0.25, 0.3) is 11.1 Å². The van der Waals surface area contributed by atoms with E-state index in [4.69, 9.17) is 0 Å². The Labute approximate surface area is 133 Å². The zero-order valence-corrected chi connectivity index (χ0v) is 13.8. The number of aromatic nitrogens is 1. The summed E-state index contributed by atoms with van der Waals surface area (Å²) in [5, 5.41) is 6.94. The van der Waals surface area contributed by atoms with Gasteiger partial charge in [-0.3, -0.25) is 0 Å². The van der Waals surface area contributed by atoms with Crippen molar-refractivity contribution in [1.82, 2.24) is 10.3 Å². The van der Waals surface area contributed by atoms with Gasteiger partial charge in [-0.25, -0.2) is 4.98 Å². The summed E-state index contributed by atoms with van der Waals surface area (Å²) < 4.78 is 0. The van der Waals surface area contributed by atoms with E-state index < -0.39 is 0 Å². The van der Waals surface area contributed by atoms with Gasteiger partial charge in [0, 0.05) is 22.5 Å². The van der Waals surface area contributed by atoms with Crippen molar-refractivity contribution in [2.24, 2.45) is 0 Å². The van der Waals surface area contributed by atoms with E-state index in [0.29, 0.717) is 6.04 Å². The molecule has 0 saturated heterocycles. The molecule has 0 bridgehead atoms. The first-order chi connectivity index (χ1) is 10.2. The minimum absolute atomic E-state index is 0.297. The van der Waals surface area contributed by atoms with Gasteiger partial charge in [-0.2, -0.15) is 0 Å². The molecule has 0 spiro atoms. The average Bonchev–Trinajstić information content (AvgIpc) is 3.15. The van der Waals surface area contributed by atoms with Crippen LogP contribution >= 0.6 is 22.7 Å². The number of thiazole rings is 1. The third-order valence-electron chi connectivity index (χ3n) is 3.35. The first-order valence-corrected chi connectivity index (χ1v) is 8.70. The van der Waals surface area contributed by atoms with Crippen molar-refractivity contribution >= 4 is 22.7 Å². The molecule has 0 aliphatic heterocycles. The number of hydrogen-bond donors (Lipinski definition) is 1. The molecule has 0 radical (unpaired) electrons. The Balaban J connectivity index is 1.63. The first-order valence-electron chi connectivity index (χ1n) is 7.01. The Morgan fingerprint density at radius 1 is 1.19 bits per heavy atom. The van der Waals surface area contributed by atoms with Crippen molar-refractivity contribution in [2.45, 2.75) is 26.4 Å². The van der Waals surface area contributed by atoms with Gasteiger partial charge in [-0.1, -0.05) is 30.3 Å². The highest BCUT2D eigenvalue weighted by atomic mass is 32.1. The summed E-state index contributed by atoms with van der Waals surface area (Å²) >= 11 is 3.57. The van der Waals surface area contributed by atoms with Gasteiger partial charge in [-0.05, 0) is 36.4 Å². The van der Waals surface area contributed by atoms with Gasteiger partial charge in [0.05, 0.1) is 6.04 Å². The fraction of sp³-hybridized carbons (Fsp3) is 0.235. The summed E-state index contributed by atoms with van der Waals surface area (Å²) in [4.78, 5) is 7.06. The second-order valence-electron chi connectivity index (χ2n) is 5.08. The van der Waals surface area contributed by atoms with Crippen molar-refractivity contribution < 1.29 is 0 Å². The van der Waals surface area contributed by atoms with Crippen LogP contribution < -0.4 is 5.32 Å². The number of nitrogens with one attached hydrogen (secondary N) is 1. The molecular formula is C17H18N2S2. The Hall–Kier alpha value is -1.49. The lowest BCUT2D eigenvalue weighted by Gasteiger charge is -2.09. The minimum atomic E-state index is 0.297. The lowest BCUT2D eigenvalue weighted by molar-refractivity contribution is 0.576. The zero-order chi connectivity index (χ0) is 14.7. The first kappa shape index (κ1) is 14.4. The highest BCUT2D eigenvalue weighted by Crippen LogP contribution is 2.26. The van der Waals surface area contributed by atoms with E-state index in [9.17, 15) is 0 Å². The third-order valence-corrected chi connectivity index (χ3v) is 5.39. The molecule has 0 amide bonds. The molecule has 1 aromatic carbocycles. The molecule has 0 aliphatic carbocycles. The fourth-order valence-corrected chi connectivity index (χ4v) is 3.81. The number of rotatable bonds is 5. The SMILES string of the molecule is Cc1cnc(C(C)NCc2cc(-c3ccccc3)cs2)s1. The number of nitrogens with zero attached hydrogens (tertiary/aromatic N) is 1. The van der Waals surface area contributed by atoms with Crippen LogP contribution in [0.4, 0.5) is 0 Å². The van der Waals surface area contributed by atoms with Crippen LogP contribution in [0.2, 0.25) is 0 Å². The Bertz CT molecular complexity index is 700. The Kier molecular flexibility index (Phi) is 4.48.